The quantitative estimate of drug-likeness (QED) is 0.858. The van der Waals surface area contributed by atoms with Crippen LogP contribution < -0.4 is 5.32 Å². The van der Waals surface area contributed by atoms with Crippen molar-refractivity contribution in [2.45, 2.75) is 33.2 Å². The Morgan fingerprint density at radius 1 is 1.28 bits per heavy atom. The molecule has 0 unspecified atom stereocenters. The number of rotatable bonds is 4. The zero-order chi connectivity index (χ0) is 13.1. The molecule has 0 saturated carbocycles. The first kappa shape index (κ1) is 12.9. The molecule has 2 rings (SSSR count). The first-order chi connectivity index (χ1) is 8.65. The van der Waals surface area contributed by atoms with Gasteiger partial charge < -0.3 is 10.4 Å². The van der Waals surface area contributed by atoms with Crippen molar-refractivity contribution in [3.63, 3.8) is 0 Å². The van der Waals surface area contributed by atoms with E-state index in [1.54, 1.807) is 6.07 Å². The molecule has 4 heteroatoms. The number of fused-ring (bicyclic) bond motifs is 1. The lowest BCUT2D eigenvalue weighted by Gasteiger charge is -2.24. The van der Waals surface area contributed by atoms with Gasteiger partial charge >= 0.3 is 0 Å². The van der Waals surface area contributed by atoms with Gasteiger partial charge in [-0.05, 0) is 31.1 Å². The summed E-state index contributed by atoms with van der Waals surface area (Å²) in [5, 5.41) is 12.7. The van der Waals surface area contributed by atoms with Crippen LogP contribution in [0.2, 0.25) is 0 Å². The summed E-state index contributed by atoms with van der Waals surface area (Å²) >= 11 is 0. The predicted octanol–water partition coefficient (Wildman–Crippen LogP) is 2.12. The molecule has 98 valence electrons. The van der Waals surface area contributed by atoms with Gasteiger partial charge in [-0.1, -0.05) is 19.9 Å². The van der Waals surface area contributed by atoms with Gasteiger partial charge in [0.1, 0.15) is 5.75 Å². The molecule has 0 aromatic heterocycles. The Morgan fingerprint density at radius 3 is 2.67 bits per heavy atom. The van der Waals surface area contributed by atoms with Gasteiger partial charge in [-0.3, -0.25) is 9.69 Å². The molecular formula is C14H20N2O2. The number of hydrogen-bond acceptors (Lipinski definition) is 3. The Balaban J connectivity index is 2.33. The van der Waals surface area contributed by atoms with Crippen molar-refractivity contribution < 1.29 is 9.90 Å². The largest absolute Gasteiger partial charge is 0.508 e. The highest BCUT2D eigenvalue weighted by Crippen LogP contribution is 2.34. The van der Waals surface area contributed by atoms with Gasteiger partial charge in [0.2, 0.25) is 5.91 Å². The predicted molar refractivity (Wildman–Crippen MR) is 71.7 cm³/mol. The summed E-state index contributed by atoms with van der Waals surface area (Å²) in [6.07, 6.45) is 1.08. The van der Waals surface area contributed by atoms with Gasteiger partial charge in [-0.15, -0.1) is 0 Å². The van der Waals surface area contributed by atoms with E-state index in [4.69, 9.17) is 0 Å². The first-order valence-electron chi connectivity index (χ1n) is 6.51. The Bertz CT molecular complexity index is 453. The summed E-state index contributed by atoms with van der Waals surface area (Å²) in [6, 6.07) is 3.63. The van der Waals surface area contributed by atoms with Crippen LogP contribution in [0.25, 0.3) is 0 Å². The molecule has 2 N–H and O–H groups in total. The van der Waals surface area contributed by atoms with Crippen molar-refractivity contribution in [2.75, 3.05) is 18.4 Å². The van der Waals surface area contributed by atoms with E-state index < -0.39 is 0 Å². The van der Waals surface area contributed by atoms with Crippen molar-refractivity contribution >= 4 is 11.6 Å². The SMILES string of the molecule is CCN(CC)Cc1ccc(O)c2c1NC(=O)CC2. The molecular weight excluding hydrogens is 228 g/mol. The van der Waals surface area contributed by atoms with Crippen LogP contribution >= 0.6 is 0 Å². The summed E-state index contributed by atoms with van der Waals surface area (Å²) in [7, 11) is 0. The van der Waals surface area contributed by atoms with E-state index in [0.717, 1.165) is 36.4 Å². The van der Waals surface area contributed by atoms with E-state index in [1.807, 2.05) is 6.07 Å². The van der Waals surface area contributed by atoms with Crippen LogP contribution in [0.3, 0.4) is 0 Å². The normalized spacial score (nSPS) is 14.5. The number of nitrogens with one attached hydrogen (secondary N) is 1. The number of benzene rings is 1. The monoisotopic (exact) mass is 248 g/mol. The average molecular weight is 248 g/mol. The van der Waals surface area contributed by atoms with E-state index in [0.29, 0.717) is 12.8 Å². The summed E-state index contributed by atoms with van der Waals surface area (Å²) in [4.78, 5) is 13.8. The summed E-state index contributed by atoms with van der Waals surface area (Å²) in [5.41, 5.74) is 2.77. The minimum Gasteiger partial charge on any atom is -0.508 e. The van der Waals surface area contributed by atoms with Crippen molar-refractivity contribution in [3.8, 4) is 5.75 Å². The zero-order valence-electron chi connectivity index (χ0n) is 11.0. The van der Waals surface area contributed by atoms with Crippen LogP contribution in [0.4, 0.5) is 5.69 Å². The second kappa shape index (κ2) is 5.40. The number of carbonyl (C=O) groups excluding carboxylic acids is 1. The number of anilines is 1. The van der Waals surface area contributed by atoms with Crippen molar-refractivity contribution in [3.05, 3.63) is 23.3 Å². The Morgan fingerprint density at radius 2 is 2.00 bits per heavy atom. The van der Waals surface area contributed by atoms with Crippen molar-refractivity contribution in [2.24, 2.45) is 0 Å². The average Bonchev–Trinajstić information content (AvgIpc) is 2.38. The van der Waals surface area contributed by atoms with Crippen molar-refractivity contribution in [1.29, 1.82) is 0 Å². The van der Waals surface area contributed by atoms with Gasteiger partial charge in [0.25, 0.3) is 0 Å². The number of nitrogens with zero attached hydrogens (tertiary/aromatic N) is 1. The molecule has 0 aliphatic carbocycles. The lowest BCUT2D eigenvalue weighted by Crippen LogP contribution is -2.25. The standard InChI is InChI=1S/C14H20N2O2/c1-3-16(4-2)9-10-5-7-12(17)11-6-8-13(18)15-14(10)11/h5,7,17H,3-4,6,8-9H2,1-2H3,(H,15,18). The molecule has 0 fully saturated rings. The molecule has 18 heavy (non-hydrogen) atoms. The fourth-order valence-corrected chi connectivity index (χ4v) is 2.35. The second-order valence-corrected chi connectivity index (χ2v) is 4.61. The molecule has 0 saturated heterocycles. The number of hydrogen-bond donors (Lipinski definition) is 2. The molecule has 0 bridgehead atoms. The van der Waals surface area contributed by atoms with Gasteiger partial charge in [-0.25, -0.2) is 0 Å². The Kier molecular flexibility index (Phi) is 3.87. The molecule has 1 amide bonds. The fraction of sp³-hybridized carbons (Fsp3) is 0.500. The molecule has 0 spiro atoms. The third kappa shape index (κ3) is 2.48. The number of phenols is 1. The van der Waals surface area contributed by atoms with Gasteiger partial charge in [0, 0.05) is 18.5 Å². The first-order valence-corrected chi connectivity index (χ1v) is 6.51. The molecule has 1 heterocycles. The lowest BCUT2D eigenvalue weighted by atomic mass is 9.97. The lowest BCUT2D eigenvalue weighted by molar-refractivity contribution is -0.116. The van der Waals surface area contributed by atoms with Crippen LogP contribution in [0, 0.1) is 0 Å². The molecule has 0 atom stereocenters. The third-order valence-corrected chi connectivity index (χ3v) is 3.53. The van der Waals surface area contributed by atoms with Gasteiger partial charge in [0.15, 0.2) is 0 Å². The van der Waals surface area contributed by atoms with E-state index in [2.05, 4.69) is 24.1 Å². The van der Waals surface area contributed by atoms with Crippen LogP contribution in [0.1, 0.15) is 31.4 Å². The maximum Gasteiger partial charge on any atom is 0.224 e. The summed E-state index contributed by atoms with van der Waals surface area (Å²) in [6.45, 7) is 6.99. The van der Waals surface area contributed by atoms with E-state index in [1.165, 1.54) is 0 Å². The number of aromatic hydroxyl groups is 1. The Labute approximate surface area is 108 Å². The van der Waals surface area contributed by atoms with E-state index in [-0.39, 0.29) is 11.7 Å². The topological polar surface area (TPSA) is 52.6 Å². The van der Waals surface area contributed by atoms with Crippen molar-refractivity contribution in [1.82, 2.24) is 4.90 Å². The minimum absolute atomic E-state index is 0.0360. The minimum atomic E-state index is 0.0360. The summed E-state index contributed by atoms with van der Waals surface area (Å²) < 4.78 is 0. The number of carbonyl (C=O) groups is 1. The fourth-order valence-electron chi connectivity index (χ4n) is 2.35. The highest BCUT2D eigenvalue weighted by Gasteiger charge is 2.21. The maximum absolute atomic E-state index is 11.5. The Hall–Kier alpha value is -1.55. The van der Waals surface area contributed by atoms with Crippen LogP contribution in [0.15, 0.2) is 12.1 Å². The van der Waals surface area contributed by atoms with E-state index >= 15 is 0 Å². The molecule has 1 aliphatic rings. The number of phenolic OH excluding ortho intramolecular Hbond substituents is 1. The molecule has 0 radical (unpaired) electrons. The van der Waals surface area contributed by atoms with Gasteiger partial charge in [-0.2, -0.15) is 0 Å². The van der Waals surface area contributed by atoms with Crippen LogP contribution in [-0.4, -0.2) is 29.0 Å². The van der Waals surface area contributed by atoms with Gasteiger partial charge in [0.05, 0.1) is 5.69 Å². The highest BCUT2D eigenvalue weighted by molar-refractivity contribution is 5.95. The smallest absolute Gasteiger partial charge is 0.224 e. The van der Waals surface area contributed by atoms with E-state index in [9.17, 15) is 9.90 Å². The molecule has 4 nitrogen and oxygen atoms in total. The maximum atomic E-state index is 11.5. The number of amides is 1. The molecule has 1 aromatic carbocycles. The molecule has 1 aliphatic heterocycles. The second-order valence-electron chi connectivity index (χ2n) is 4.61. The zero-order valence-corrected chi connectivity index (χ0v) is 11.0. The molecule has 1 aromatic rings. The van der Waals surface area contributed by atoms with Crippen LogP contribution in [0.5, 0.6) is 5.75 Å². The summed E-state index contributed by atoms with van der Waals surface area (Å²) in [5.74, 6) is 0.321. The van der Waals surface area contributed by atoms with Crippen LogP contribution in [-0.2, 0) is 17.8 Å². The highest BCUT2D eigenvalue weighted by atomic mass is 16.3. The third-order valence-electron chi connectivity index (χ3n) is 3.53.